The maximum absolute atomic E-state index is 12.5. The van der Waals surface area contributed by atoms with Crippen LogP contribution in [0.3, 0.4) is 0 Å². The quantitative estimate of drug-likeness (QED) is 0.708. The first-order valence-electron chi connectivity index (χ1n) is 7.94. The van der Waals surface area contributed by atoms with E-state index in [9.17, 15) is 4.79 Å². The van der Waals surface area contributed by atoms with E-state index >= 15 is 0 Å². The molecule has 0 radical (unpaired) electrons. The van der Waals surface area contributed by atoms with Crippen LogP contribution in [-0.4, -0.2) is 17.9 Å². The zero-order chi connectivity index (χ0) is 16.2. The second kappa shape index (κ2) is 6.69. The van der Waals surface area contributed by atoms with Crippen molar-refractivity contribution < 1.29 is 9.21 Å². The van der Waals surface area contributed by atoms with Gasteiger partial charge in [0.1, 0.15) is 5.58 Å². The highest BCUT2D eigenvalue weighted by molar-refractivity contribution is 5.88. The third-order valence-corrected chi connectivity index (χ3v) is 4.16. The minimum Gasteiger partial charge on any atom is -0.464 e. The summed E-state index contributed by atoms with van der Waals surface area (Å²) >= 11 is 0. The van der Waals surface area contributed by atoms with Gasteiger partial charge in [-0.25, -0.2) is 0 Å². The van der Waals surface area contributed by atoms with Gasteiger partial charge in [0.2, 0.25) is 5.91 Å². The van der Waals surface area contributed by atoms with Crippen molar-refractivity contribution in [1.82, 2.24) is 4.90 Å². The lowest BCUT2D eigenvalue weighted by Crippen LogP contribution is -2.27. The molecule has 0 saturated heterocycles. The summed E-state index contributed by atoms with van der Waals surface area (Å²) in [7, 11) is 1.84. The van der Waals surface area contributed by atoms with Crippen molar-refractivity contribution in [3.8, 4) is 0 Å². The zero-order valence-electron chi connectivity index (χ0n) is 13.6. The molecule has 0 unspecified atom stereocenters. The first-order valence-corrected chi connectivity index (χ1v) is 7.94. The Bertz CT molecular complexity index is 805. The van der Waals surface area contributed by atoms with E-state index in [0.717, 1.165) is 28.5 Å². The second-order valence-electron chi connectivity index (χ2n) is 5.86. The van der Waals surface area contributed by atoms with Gasteiger partial charge in [0.25, 0.3) is 0 Å². The lowest BCUT2D eigenvalue weighted by Gasteiger charge is -2.17. The van der Waals surface area contributed by atoms with Gasteiger partial charge in [-0.3, -0.25) is 4.79 Å². The second-order valence-corrected chi connectivity index (χ2v) is 5.86. The van der Waals surface area contributed by atoms with Gasteiger partial charge in [0.05, 0.1) is 12.7 Å². The number of nitrogens with zero attached hydrogens (tertiary/aromatic N) is 1. The summed E-state index contributed by atoms with van der Waals surface area (Å²) in [5.74, 6) is 0.0958. The van der Waals surface area contributed by atoms with Crippen LogP contribution in [0.4, 0.5) is 0 Å². The summed E-state index contributed by atoms with van der Waals surface area (Å²) in [6, 6.07) is 16.2. The van der Waals surface area contributed by atoms with Crippen LogP contribution < -0.4 is 0 Å². The Morgan fingerprint density at radius 2 is 1.87 bits per heavy atom. The van der Waals surface area contributed by atoms with Crippen molar-refractivity contribution in [3.05, 3.63) is 71.5 Å². The molecule has 0 aliphatic rings. The number of likely N-dealkylation sites (N-methyl/N-ethyl adjacent to an activating group) is 1. The predicted octanol–water partition coefficient (Wildman–Crippen LogP) is 4.20. The Labute approximate surface area is 136 Å². The summed E-state index contributed by atoms with van der Waals surface area (Å²) in [5.41, 5.74) is 4.19. The number of furan rings is 1. The molecule has 1 aromatic heterocycles. The van der Waals surface area contributed by atoms with Crippen molar-refractivity contribution in [2.75, 3.05) is 7.05 Å². The molecule has 23 heavy (non-hydrogen) atoms. The Hall–Kier alpha value is -2.55. The molecule has 0 aliphatic heterocycles. The highest BCUT2D eigenvalue weighted by Gasteiger charge is 2.14. The highest BCUT2D eigenvalue weighted by Crippen LogP contribution is 2.23. The Morgan fingerprint density at radius 3 is 2.61 bits per heavy atom. The Morgan fingerprint density at radius 1 is 1.09 bits per heavy atom. The summed E-state index contributed by atoms with van der Waals surface area (Å²) in [6.07, 6.45) is 3.05. The first-order chi connectivity index (χ1) is 11.2. The molecule has 1 heterocycles. The number of carbonyl (C=O) groups is 1. The number of hydrogen-bond donors (Lipinski definition) is 0. The third kappa shape index (κ3) is 3.45. The van der Waals surface area contributed by atoms with Crippen molar-refractivity contribution >= 4 is 16.9 Å². The van der Waals surface area contributed by atoms with Crippen LogP contribution in [-0.2, 0) is 24.2 Å². The number of aryl methyl sites for hydroxylation is 1. The van der Waals surface area contributed by atoms with Crippen LogP contribution in [0.5, 0.6) is 0 Å². The van der Waals surface area contributed by atoms with Gasteiger partial charge < -0.3 is 9.32 Å². The number of rotatable bonds is 5. The Balaban J connectivity index is 1.74. The first kappa shape index (κ1) is 15.3. The molecule has 0 aliphatic carbocycles. The van der Waals surface area contributed by atoms with E-state index in [1.165, 1.54) is 5.56 Å². The van der Waals surface area contributed by atoms with Gasteiger partial charge in [0, 0.05) is 24.5 Å². The number of hydrogen-bond acceptors (Lipinski definition) is 2. The third-order valence-electron chi connectivity index (χ3n) is 4.16. The van der Waals surface area contributed by atoms with E-state index in [1.54, 1.807) is 11.2 Å². The van der Waals surface area contributed by atoms with Gasteiger partial charge in [0.15, 0.2) is 0 Å². The topological polar surface area (TPSA) is 33.5 Å². The van der Waals surface area contributed by atoms with Crippen LogP contribution in [0.2, 0.25) is 0 Å². The van der Waals surface area contributed by atoms with E-state index in [0.29, 0.717) is 13.0 Å². The van der Waals surface area contributed by atoms with Crippen molar-refractivity contribution in [3.63, 3.8) is 0 Å². The predicted molar refractivity (Wildman–Crippen MR) is 92.2 cm³/mol. The normalized spacial score (nSPS) is 10.9. The fourth-order valence-electron chi connectivity index (χ4n) is 2.73. The molecule has 0 spiro atoms. The van der Waals surface area contributed by atoms with E-state index < -0.39 is 0 Å². The van der Waals surface area contributed by atoms with Crippen LogP contribution >= 0.6 is 0 Å². The van der Waals surface area contributed by atoms with Crippen LogP contribution in [0.25, 0.3) is 11.0 Å². The van der Waals surface area contributed by atoms with Crippen LogP contribution in [0.15, 0.2) is 59.2 Å². The van der Waals surface area contributed by atoms with Crippen molar-refractivity contribution in [2.45, 2.75) is 26.3 Å². The fourth-order valence-corrected chi connectivity index (χ4v) is 2.73. The van der Waals surface area contributed by atoms with E-state index in [4.69, 9.17) is 4.42 Å². The molecule has 3 nitrogen and oxygen atoms in total. The molecular weight excluding hydrogens is 286 g/mol. The summed E-state index contributed by atoms with van der Waals surface area (Å²) in [6.45, 7) is 2.75. The molecule has 0 N–H and O–H groups in total. The number of benzene rings is 2. The summed E-state index contributed by atoms with van der Waals surface area (Å²) in [4.78, 5) is 14.3. The van der Waals surface area contributed by atoms with E-state index in [1.807, 2.05) is 43.4 Å². The van der Waals surface area contributed by atoms with Crippen molar-refractivity contribution in [2.24, 2.45) is 0 Å². The standard InChI is InChI=1S/C20H21NO2/c1-3-15-9-10-19-18(11-15)17(14-23-19)12-20(22)21(2)13-16-7-5-4-6-8-16/h4-11,14H,3,12-13H2,1-2H3. The minimum atomic E-state index is 0.0958. The molecule has 3 aromatic rings. The van der Waals surface area contributed by atoms with Gasteiger partial charge >= 0.3 is 0 Å². The van der Waals surface area contributed by atoms with E-state index in [2.05, 4.69) is 19.1 Å². The molecule has 1 amide bonds. The van der Waals surface area contributed by atoms with Crippen LogP contribution in [0, 0.1) is 0 Å². The van der Waals surface area contributed by atoms with Gasteiger partial charge in [-0.05, 0) is 29.7 Å². The molecule has 0 bridgehead atoms. The smallest absolute Gasteiger partial charge is 0.227 e. The monoisotopic (exact) mass is 307 g/mol. The molecule has 3 heteroatoms. The largest absolute Gasteiger partial charge is 0.464 e. The lowest BCUT2D eigenvalue weighted by atomic mass is 10.1. The molecule has 118 valence electrons. The lowest BCUT2D eigenvalue weighted by molar-refractivity contribution is -0.129. The zero-order valence-corrected chi connectivity index (χ0v) is 13.6. The molecule has 0 atom stereocenters. The maximum atomic E-state index is 12.5. The van der Waals surface area contributed by atoms with Crippen LogP contribution in [0.1, 0.15) is 23.6 Å². The molecular formula is C20H21NO2. The average molecular weight is 307 g/mol. The average Bonchev–Trinajstić information content (AvgIpc) is 2.97. The number of carbonyl (C=O) groups excluding carboxylic acids is 1. The fraction of sp³-hybridized carbons (Fsp3) is 0.250. The summed E-state index contributed by atoms with van der Waals surface area (Å²) < 4.78 is 5.58. The van der Waals surface area contributed by atoms with Gasteiger partial charge in [-0.15, -0.1) is 0 Å². The van der Waals surface area contributed by atoms with Gasteiger partial charge in [-0.1, -0.05) is 43.3 Å². The van der Waals surface area contributed by atoms with E-state index in [-0.39, 0.29) is 5.91 Å². The minimum absolute atomic E-state index is 0.0958. The molecule has 0 fully saturated rings. The number of amides is 1. The van der Waals surface area contributed by atoms with Crippen molar-refractivity contribution in [1.29, 1.82) is 0 Å². The maximum Gasteiger partial charge on any atom is 0.227 e. The molecule has 2 aromatic carbocycles. The number of fused-ring (bicyclic) bond motifs is 1. The Kier molecular flexibility index (Phi) is 4.47. The summed E-state index contributed by atoms with van der Waals surface area (Å²) in [5, 5.41) is 1.05. The molecule has 0 saturated carbocycles. The SMILES string of the molecule is CCc1ccc2occ(CC(=O)N(C)Cc3ccccc3)c2c1. The molecule has 3 rings (SSSR count). The van der Waals surface area contributed by atoms with Gasteiger partial charge in [-0.2, -0.15) is 0 Å². The highest BCUT2D eigenvalue weighted by atomic mass is 16.3.